The van der Waals surface area contributed by atoms with Crippen LogP contribution in [0.1, 0.15) is 0 Å². The third-order valence-corrected chi connectivity index (χ3v) is 5.17. The number of fused-ring (bicyclic) bond motifs is 2. The summed E-state index contributed by atoms with van der Waals surface area (Å²) < 4.78 is 13.3. The lowest BCUT2D eigenvalue weighted by molar-refractivity contribution is 0.628. The van der Waals surface area contributed by atoms with Gasteiger partial charge in [0.15, 0.2) is 5.82 Å². The Bertz CT molecular complexity index is 1540. The van der Waals surface area contributed by atoms with Crippen LogP contribution in [-0.4, -0.2) is 35.1 Å². The summed E-state index contributed by atoms with van der Waals surface area (Å²) in [5.41, 5.74) is 6.28. The van der Waals surface area contributed by atoms with Crippen LogP contribution in [0.2, 0.25) is 0 Å². The van der Waals surface area contributed by atoms with Gasteiger partial charge in [-0.1, -0.05) is 0 Å². The molecule has 0 fully saturated rings. The van der Waals surface area contributed by atoms with E-state index in [0.717, 1.165) is 33.2 Å². The van der Waals surface area contributed by atoms with Gasteiger partial charge in [-0.3, -0.25) is 20.1 Å². The van der Waals surface area contributed by atoms with Gasteiger partial charge in [0.2, 0.25) is 0 Å². The first-order valence-electron chi connectivity index (χ1n) is 9.62. The van der Waals surface area contributed by atoms with Gasteiger partial charge in [0.05, 0.1) is 28.6 Å². The second-order valence-corrected chi connectivity index (χ2v) is 7.07. The number of H-pyrrole nitrogens is 2. The highest BCUT2D eigenvalue weighted by Gasteiger charge is 2.16. The lowest BCUT2D eigenvalue weighted by Crippen LogP contribution is -1.86. The van der Waals surface area contributed by atoms with Crippen LogP contribution >= 0.6 is 0 Å². The van der Waals surface area contributed by atoms with Crippen molar-refractivity contribution in [2.75, 3.05) is 0 Å². The first-order chi connectivity index (χ1) is 15.3. The summed E-state index contributed by atoms with van der Waals surface area (Å²) in [6.07, 6.45) is 6.94. The van der Waals surface area contributed by atoms with E-state index < -0.39 is 0 Å². The topological polar surface area (TPSA) is 96.0 Å². The van der Waals surface area contributed by atoms with Crippen LogP contribution in [0, 0.1) is 5.82 Å². The number of aromatic nitrogens is 7. The van der Waals surface area contributed by atoms with Crippen molar-refractivity contribution >= 4 is 21.9 Å². The summed E-state index contributed by atoms with van der Waals surface area (Å²) in [5.74, 6) is 0.324. The van der Waals surface area contributed by atoms with Crippen LogP contribution in [0.4, 0.5) is 4.39 Å². The Morgan fingerprint density at radius 3 is 2.45 bits per heavy atom. The third-order valence-electron chi connectivity index (χ3n) is 5.17. The Hall–Kier alpha value is -4.46. The van der Waals surface area contributed by atoms with E-state index in [1.54, 1.807) is 36.9 Å². The number of pyridine rings is 3. The van der Waals surface area contributed by atoms with Crippen LogP contribution in [0.25, 0.3) is 56.0 Å². The average molecular weight is 407 g/mol. The smallest absolute Gasteiger partial charge is 0.159 e. The van der Waals surface area contributed by atoms with Crippen LogP contribution in [0.15, 0.2) is 73.3 Å². The van der Waals surface area contributed by atoms with Crippen molar-refractivity contribution in [1.82, 2.24) is 35.1 Å². The van der Waals surface area contributed by atoms with Gasteiger partial charge in [0.1, 0.15) is 17.0 Å². The molecule has 7 nitrogen and oxygen atoms in total. The van der Waals surface area contributed by atoms with E-state index in [9.17, 15) is 4.39 Å². The molecule has 5 heterocycles. The maximum absolute atomic E-state index is 13.3. The molecule has 0 bridgehead atoms. The largest absolute Gasteiger partial charge is 0.336 e. The summed E-state index contributed by atoms with van der Waals surface area (Å²) in [4.78, 5) is 21.2. The van der Waals surface area contributed by atoms with Crippen LogP contribution in [0.3, 0.4) is 0 Å². The normalized spacial score (nSPS) is 11.4. The van der Waals surface area contributed by atoms with Crippen molar-refractivity contribution in [2.24, 2.45) is 0 Å². The van der Waals surface area contributed by atoms with Gasteiger partial charge in [-0.25, -0.2) is 9.37 Å². The second-order valence-electron chi connectivity index (χ2n) is 7.07. The standard InChI is InChI=1S/C23H14FN7/c24-15-3-1-14(2-4-15)20-22-17(7-10-26-20)28-23(29-22)21-16-11-18(13-5-8-25-9-6-13)27-12-19(16)30-31-21/h1-12H,(H,28,29)(H,30,31). The Morgan fingerprint density at radius 1 is 0.774 bits per heavy atom. The van der Waals surface area contributed by atoms with E-state index in [-0.39, 0.29) is 5.82 Å². The predicted molar refractivity (Wildman–Crippen MR) is 115 cm³/mol. The molecular formula is C23H14FN7. The van der Waals surface area contributed by atoms with Crippen molar-refractivity contribution in [3.8, 4) is 34.0 Å². The molecule has 0 unspecified atom stereocenters. The zero-order chi connectivity index (χ0) is 20.8. The molecule has 0 atom stereocenters. The van der Waals surface area contributed by atoms with Crippen LogP contribution in [0.5, 0.6) is 0 Å². The minimum absolute atomic E-state index is 0.291. The highest BCUT2D eigenvalue weighted by Crippen LogP contribution is 2.31. The molecule has 6 rings (SSSR count). The van der Waals surface area contributed by atoms with E-state index in [0.29, 0.717) is 22.7 Å². The zero-order valence-electron chi connectivity index (χ0n) is 16.0. The van der Waals surface area contributed by atoms with Crippen molar-refractivity contribution in [1.29, 1.82) is 0 Å². The van der Waals surface area contributed by atoms with E-state index >= 15 is 0 Å². The number of imidazole rings is 1. The fourth-order valence-electron chi connectivity index (χ4n) is 3.64. The van der Waals surface area contributed by atoms with Gasteiger partial charge in [-0.2, -0.15) is 5.10 Å². The number of hydrogen-bond acceptors (Lipinski definition) is 5. The molecule has 0 aliphatic rings. The van der Waals surface area contributed by atoms with Crippen molar-refractivity contribution in [3.63, 3.8) is 0 Å². The number of halogens is 1. The summed E-state index contributed by atoms with van der Waals surface area (Å²) in [6.45, 7) is 0. The molecule has 0 saturated carbocycles. The number of nitrogens with one attached hydrogen (secondary N) is 2. The monoisotopic (exact) mass is 407 g/mol. The average Bonchev–Trinajstić information content (AvgIpc) is 3.43. The predicted octanol–water partition coefficient (Wildman–Crippen LogP) is 4.76. The number of rotatable bonds is 3. The van der Waals surface area contributed by atoms with E-state index in [1.807, 2.05) is 24.3 Å². The van der Waals surface area contributed by atoms with Crippen molar-refractivity contribution < 1.29 is 4.39 Å². The number of benzene rings is 1. The molecule has 0 saturated heterocycles. The summed E-state index contributed by atoms with van der Waals surface area (Å²) in [6, 6.07) is 13.9. The molecule has 8 heteroatoms. The van der Waals surface area contributed by atoms with Crippen molar-refractivity contribution in [2.45, 2.75) is 0 Å². The van der Waals surface area contributed by atoms with E-state index in [1.165, 1.54) is 12.1 Å². The molecule has 0 radical (unpaired) electrons. The molecule has 6 aromatic rings. The fourth-order valence-corrected chi connectivity index (χ4v) is 3.64. The highest BCUT2D eigenvalue weighted by atomic mass is 19.1. The maximum Gasteiger partial charge on any atom is 0.159 e. The van der Waals surface area contributed by atoms with Crippen LogP contribution < -0.4 is 0 Å². The zero-order valence-corrected chi connectivity index (χ0v) is 16.0. The van der Waals surface area contributed by atoms with Gasteiger partial charge in [0, 0.05) is 35.1 Å². The lowest BCUT2D eigenvalue weighted by Gasteiger charge is -2.01. The van der Waals surface area contributed by atoms with Gasteiger partial charge in [0.25, 0.3) is 0 Å². The molecular weight excluding hydrogens is 393 g/mol. The highest BCUT2D eigenvalue weighted by molar-refractivity contribution is 5.96. The fraction of sp³-hybridized carbons (Fsp3) is 0. The minimum atomic E-state index is -0.291. The maximum atomic E-state index is 13.3. The molecule has 0 aliphatic carbocycles. The molecule has 2 N–H and O–H groups in total. The summed E-state index contributed by atoms with van der Waals surface area (Å²) in [7, 11) is 0. The first-order valence-corrected chi connectivity index (χ1v) is 9.62. The molecule has 5 aromatic heterocycles. The third kappa shape index (κ3) is 2.93. The van der Waals surface area contributed by atoms with Crippen molar-refractivity contribution in [3.05, 3.63) is 79.1 Å². The molecule has 0 amide bonds. The van der Waals surface area contributed by atoms with Gasteiger partial charge in [-0.05, 0) is 48.5 Å². The second kappa shape index (κ2) is 6.81. The SMILES string of the molecule is Fc1ccc(-c2nccc3[nH]c(-c4n[nH]c5cnc(-c6ccncc6)cc45)nc23)cc1. The van der Waals surface area contributed by atoms with Crippen LogP contribution in [-0.2, 0) is 0 Å². The van der Waals surface area contributed by atoms with Gasteiger partial charge >= 0.3 is 0 Å². The molecule has 148 valence electrons. The molecule has 1 aromatic carbocycles. The van der Waals surface area contributed by atoms with E-state index in [4.69, 9.17) is 4.98 Å². The Kier molecular flexibility index (Phi) is 3.82. The molecule has 0 spiro atoms. The van der Waals surface area contributed by atoms with E-state index in [2.05, 4.69) is 30.1 Å². The number of aromatic amines is 2. The van der Waals surface area contributed by atoms with Gasteiger partial charge in [-0.15, -0.1) is 0 Å². The summed E-state index contributed by atoms with van der Waals surface area (Å²) >= 11 is 0. The Balaban J connectivity index is 1.51. The lowest BCUT2D eigenvalue weighted by atomic mass is 10.1. The Morgan fingerprint density at radius 2 is 1.61 bits per heavy atom. The Labute approximate surface area is 175 Å². The quantitative estimate of drug-likeness (QED) is 0.441. The first kappa shape index (κ1) is 17.4. The molecule has 31 heavy (non-hydrogen) atoms. The molecule has 0 aliphatic heterocycles. The van der Waals surface area contributed by atoms with Gasteiger partial charge < -0.3 is 4.98 Å². The number of nitrogens with zero attached hydrogens (tertiary/aromatic N) is 5. The summed E-state index contributed by atoms with van der Waals surface area (Å²) in [5, 5.41) is 8.39. The number of hydrogen-bond donors (Lipinski definition) is 2. The minimum Gasteiger partial charge on any atom is -0.336 e.